The zero-order valence-corrected chi connectivity index (χ0v) is 9.13. The standard InChI is InChI=1S/C10H19N3/c1-8(11-5)9-6-12-13(7-9)10(2,3)4/h6-8,11H,1-5H3. The van der Waals surface area contributed by atoms with E-state index in [-0.39, 0.29) is 5.54 Å². The van der Waals surface area contributed by atoms with Gasteiger partial charge in [-0.15, -0.1) is 0 Å². The van der Waals surface area contributed by atoms with Gasteiger partial charge in [0.15, 0.2) is 0 Å². The van der Waals surface area contributed by atoms with E-state index in [2.05, 4.69) is 44.3 Å². The average molecular weight is 181 g/mol. The number of aromatic nitrogens is 2. The van der Waals surface area contributed by atoms with Gasteiger partial charge in [0.25, 0.3) is 0 Å². The Bertz CT molecular complexity index is 270. The first-order valence-electron chi connectivity index (χ1n) is 4.67. The van der Waals surface area contributed by atoms with Gasteiger partial charge in [-0.3, -0.25) is 4.68 Å². The lowest BCUT2D eigenvalue weighted by Gasteiger charge is -2.19. The molecule has 0 aromatic carbocycles. The van der Waals surface area contributed by atoms with Crippen molar-refractivity contribution in [1.82, 2.24) is 15.1 Å². The molecule has 0 fully saturated rings. The summed E-state index contributed by atoms with van der Waals surface area (Å²) in [5, 5.41) is 7.53. The SMILES string of the molecule is CNC(C)c1cnn(C(C)(C)C)c1. The third-order valence-electron chi connectivity index (χ3n) is 2.22. The summed E-state index contributed by atoms with van der Waals surface area (Å²) in [7, 11) is 1.96. The van der Waals surface area contributed by atoms with Crippen molar-refractivity contribution in [2.24, 2.45) is 0 Å². The topological polar surface area (TPSA) is 29.9 Å². The van der Waals surface area contributed by atoms with Crippen LogP contribution in [0.3, 0.4) is 0 Å². The molecule has 0 aliphatic carbocycles. The highest BCUT2D eigenvalue weighted by Crippen LogP contribution is 2.16. The zero-order valence-electron chi connectivity index (χ0n) is 9.13. The van der Waals surface area contributed by atoms with E-state index >= 15 is 0 Å². The maximum Gasteiger partial charge on any atom is 0.0543 e. The van der Waals surface area contributed by atoms with Crippen LogP contribution < -0.4 is 5.32 Å². The van der Waals surface area contributed by atoms with Crippen molar-refractivity contribution in [3.63, 3.8) is 0 Å². The number of rotatable bonds is 2. The molecule has 0 spiro atoms. The maximum atomic E-state index is 4.33. The molecule has 1 heterocycles. The van der Waals surface area contributed by atoms with Crippen LogP contribution in [0.4, 0.5) is 0 Å². The third kappa shape index (κ3) is 2.31. The number of nitrogens with zero attached hydrogens (tertiary/aromatic N) is 2. The Labute approximate surface area is 80.1 Å². The Morgan fingerprint density at radius 3 is 2.46 bits per heavy atom. The summed E-state index contributed by atoms with van der Waals surface area (Å²) in [6, 6.07) is 0.371. The number of hydrogen-bond acceptors (Lipinski definition) is 2. The Morgan fingerprint density at radius 2 is 2.08 bits per heavy atom. The Hall–Kier alpha value is -0.830. The third-order valence-corrected chi connectivity index (χ3v) is 2.22. The van der Waals surface area contributed by atoms with E-state index in [0.29, 0.717) is 6.04 Å². The van der Waals surface area contributed by atoms with E-state index in [9.17, 15) is 0 Å². The maximum absolute atomic E-state index is 4.33. The highest BCUT2D eigenvalue weighted by molar-refractivity contribution is 5.09. The largest absolute Gasteiger partial charge is 0.313 e. The van der Waals surface area contributed by atoms with Gasteiger partial charge in [0.1, 0.15) is 0 Å². The minimum atomic E-state index is 0.0751. The van der Waals surface area contributed by atoms with Gasteiger partial charge in [0.05, 0.1) is 11.7 Å². The van der Waals surface area contributed by atoms with Crippen molar-refractivity contribution in [3.8, 4) is 0 Å². The summed E-state index contributed by atoms with van der Waals surface area (Å²) < 4.78 is 2.00. The molecule has 0 saturated carbocycles. The van der Waals surface area contributed by atoms with E-state index in [0.717, 1.165) is 0 Å². The molecule has 0 aliphatic rings. The summed E-state index contributed by atoms with van der Waals surface area (Å²) in [5.74, 6) is 0. The molecule has 13 heavy (non-hydrogen) atoms. The normalized spacial score (nSPS) is 14.5. The summed E-state index contributed by atoms with van der Waals surface area (Å²) in [5.41, 5.74) is 1.31. The molecule has 1 unspecified atom stereocenters. The Balaban J connectivity index is 2.87. The van der Waals surface area contributed by atoms with Crippen LogP contribution in [0.1, 0.15) is 39.3 Å². The summed E-state index contributed by atoms with van der Waals surface area (Å²) in [4.78, 5) is 0. The molecule has 0 radical (unpaired) electrons. The predicted octanol–water partition coefficient (Wildman–Crippen LogP) is 1.92. The first-order chi connectivity index (χ1) is 5.95. The van der Waals surface area contributed by atoms with Gasteiger partial charge in [0.2, 0.25) is 0 Å². The van der Waals surface area contributed by atoms with Crippen LogP contribution in [0.25, 0.3) is 0 Å². The van der Waals surface area contributed by atoms with Crippen molar-refractivity contribution < 1.29 is 0 Å². The summed E-state index contributed by atoms with van der Waals surface area (Å²) >= 11 is 0. The highest BCUT2D eigenvalue weighted by atomic mass is 15.3. The lowest BCUT2D eigenvalue weighted by atomic mass is 10.1. The molecule has 1 N–H and O–H groups in total. The quantitative estimate of drug-likeness (QED) is 0.755. The fourth-order valence-corrected chi connectivity index (χ4v) is 1.09. The summed E-state index contributed by atoms with van der Waals surface area (Å²) in [6.45, 7) is 8.57. The lowest BCUT2D eigenvalue weighted by molar-refractivity contribution is 0.355. The fraction of sp³-hybridized carbons (Fsp3) is 0.700. The van der Waals surface area contributed by atoms with E-state index in [1.54, 1.807) is 0 Å². The molecule has 0 aliphatic heterocycles. The fourth-order valence-electron chi connectivity index (χ4n) is 1.09. The Kier molecular flexibility index (Phi) is 2.76. The van der Waals surface area contributed by atoms with E-state index < -0.39 is 0 Å². The molecule has 0 bridgehead atoms. The van der Waals surface area contributed by atoms with Gasteiger partial charge in [0, 0.05) is 17.8 Å². The molecular formula is C10H19N3. The van der Waals surface area contributed by atoms with E-state index in [4.69, 9.17) is 0 Å². The Morgan fingerprint density at radius 1 is 1.46 bits per heavy atom. The second kappa shape index (κ2) is 3.50. The summed E-state index contributed by atoms with van der Waals surface area (Å²) in [6.07, 6.45) is 4.02. The smallest absolute Gasteiger partial charge is 0.0543 e. The molecule has 0 amide bonds. The molecule has 0 saturated heterocycles. The van der Waals surface area contributed by atoms with Gasteiger partial charge < -0.3 is 5.32 Å². The number of hydrogen-bond donors (Lipinski definition) is 1. The number of nitrogens with one attached hydrogen (secondary N) is 1. The van der Waals surface area contributed by atoms with Gasteiger partial charge in [-0.05, 0) is 34.7 Å². The van der Waals surface area contributed by atoms with Crippen LogP contribution in [0.15, 0.2) is 12.4 Å². The molecular weight excluding hydrogens is 162 g/mol. The predicted molar refractivity (Wildman–Crippen MR) is 54.7 cm³/mol. The van der Waals surface area contributed by atoms with Crippen molar-refractivity contribution in [3.05, 3.63) is 18.0 Å². The van der Waals surface area contributed by atoms with Gasteiger partial charge in [-0.2, -0.15) is 5.10 Å². The van der Waals surface area contributed by atoms with Gasteiger partial charge in [-0.25, -0.2) is 0 Å². The molecule has 1 atom stereocenters. The molecule has 3 heteroatoms. The second-order valence-electron chi connectivity index (χ2n) is 4.40. The van der Waals surface area contributed by atoms with Crippen LogP contribution in [0.2, 0.25) is 0 Å². The first kappa shape index (κ1) is 10.3. The second-order valence-corrected chi connectivity index (χ2v) is 4.40. The monoisotopic (exact) mass is 181 g/mol. The van der Waals surface area contributed by atoms with Crippen molar-refractivity contribution in [2.75, 3.05) is 7.05 Å². The first-order valence-corrected chi connectivity index (χ1v) is 4.67. The van der Waals surface area contributed by atoms with Gasteiger partial charge >= 0.3 is 0 Å². The highest BCUT2D eigenvalue weighted by Gasteiger charge is 2.15. The molecule has 1 aromatic rings. The zero-order chi connectivity index (χ0) is 10.1. The van der Waals surface area contributed by atoms with Crippen LogP contribution in [0, 0.1) is 0 Å². The van der Waals surface area contributed by atoms with E-state index in [1.165, 1.54) is 5.56 Å². The van der Waals surface area contributed by atoms with Crippen LogP contribution in [-0.4, -0.2) is 16.8 Å². The molecule has 74 valence electrons. The molecule has 3 nitrogen and oxygen atoms in total. The van der Waals surface area contributed by atoms with Gasteiger partial charge in [-0.1, -0.05) is 0 Å². The average Bonchev–Trinajstić information content (AvgIpc) is 2.50. The lowest BCUT2D eigenvalue weighted by Crippen LogP contribution is -2.22. The van der Waals surface area contributed by atoms with Crippen molar-refractivity contribution in [2.45, 2.75) is 39.3 Å². The van der Waals surface area contributed by atoms with Crippen LogP contribution in [-0.2, 0) is 5.54 Å². The van der Waals surface area contributed by atoms with E-state index in [1.807, 2.05) is 17.9 Å². The van der Waals surface area contributed by atoms with Crippen LogP contribution >= 0.6 is 0 Å². The van der Waals surface area contributed by atoms with Crippen molar-refractivity contribution >= 4 is 0 Å². The minimum absolute atomic E-state index is 0.0751. The van der Waals surface area contributed by atoms with Crippen molar-refractivity contribution in [1.29, 1.82) is 0 Å². The van der Waals surface area contributed by atoms with Crippen LogP contribution in [0.5, 0.6) is 0 Å². The molecule has 1 rings (SSSR count). The minimum Gasteiger partial charge on any atom is -0.313 e. The molecule has 1 aromatic heterocycles.